The van der Waals surface area contributed by atoms with Gasteiger partial charge >= 0.3 is 0 Å². The molecule has 226 valence electrons. The predicted molar refractivity (Wildman–Crippen MR) is 163 cm³/mol. The zero-order chi connectivity index (χ0) is 30.7. The molecular formula is C30H33BrN6O6. The topological polar surface area (TPSA) is 181 Å². The van der Waals surface area contributed by atoms with Gasteiger partial charge in [-0.25, -0.2) is 10.4 Å². The van der Waals surface area contributed by atoms with Crippen molar-refractivity contribution < 1.29 is 29.6 Å². The van der Waals surface area contributed by atoms with Crippen molar-refractivity contribution in [2.24, 2.45) is 10.1 Å². The van der Waals surface area contributed by atoms with Gasteiger partial charge in [-0.3, -0.25) is 10.2 Å². The minimum Gasteiger partial charge on any atom is -0.494 e. The lowest BCUT2D eigenvalue weighted by Gasteiger charge is -2.32. The van der Waals surface area contributed by atoms with E-state index in [0.29, 0.717) is 34.4 Å². The Hall–Kier alpha value is -3.97. The molecule has 0 bridgehead atoms. The fourth-order valence-corrected chi connectivity index (χ4v) is 5.15. The summed E-state index contributed by atoms with van der Waals surface area (Å²) in [4.78, 5) is 22.1. The summed E-state index contributed by atoms with van der Waals surface area (Å²) in [5.74, 6) is 0.279. The number of ether oxygens (including phenoxy) is 2. The number of hydrazine groups is 1. The summed E-state index contributed by atoms with van der Waals surface area (Å²) in [7, 11) is 0. The number of hydrogen-bond acceptors (Lipinski definition) is 9. The first-order chi connectivity index (χ1) is 20.9. The molecule has 1 amide bonds. The summed E-state index contributed by atoms with van der Waals surface area (Å²) in [5.41, 5.74) is 15.4. The Morgan fingerprint density at radius 2 is 1.77 bits per heavy atom. The maximum absolute atomic E-state index is 14.2. The Labute approximate surface area is 257 Å². The molecule has 43 heavy (non-hydrogen) atoms. The molecule has 0 radical (unpaired) electrons. The van der Waals surface area contributed by atoms with Gasteiger partial charge in [0.25, 0.3) is 5.91 Å². The number of amides is 1. The summed E-state index contributed by atoms with van der Waals surface area (Å²) in [6.07, 6.45) is -0.335. The van der Waals surface area contributed by atoms with Crippen molar-refractivity contribution in [2.75, 3.05) is 26.4 Å². The van der Waals surface area contributed by atoms with Crippen molar-refractivity contribution in [2.45, 2.75) is 37.1 Å². The Morgan fingerprint density at radius 1 is 1.07 bits per heavy atom. The zero-order valence-corrected chi connectivity index (χ0v) is 24.9. The van der Waals surface area contributed by atoms with E-state index in [4.69, 9.17) is 25.1 Å². The second-order valence-corrected chi connectivity index (χ2v) is 10.7. The normalized spacial score (nSPS) is 17.6. The van der Waals surface area contributed by atoms with Gasteiger partial charge in [0, 0.05) is 40.0 Å². The summed E-state index contributed by atoms with van der Waals surface area (Å²) in [6.45, 7) is -0.351. The van der Waals surface area contributed by atoms with Gasteiger partial charge in [-0.05, 0) is 47.0 Å². The molecule has 5 N–H and O–H groups in total. The number of nitrogens with zero attached hydrogens (tertiary/aromatic N) is 4. The molecule has 1 aliphatic rings. The molecule has 3 aromatic carbocycles. The second kappa shape index (κ2) is 15.5. The smallest absolute Gasteiger partial charge is 0.266 e. The lowest BCUT2D eigenvalue weighted by Crippen LogP contribution is -2.57. The van der Waals surface area contributed by atoms with Gasteiger partial charge in [0.2, 0.25) is 5.90 Å². The number of carbonyl (C=O) groups excluding carboxylic acids is 1. The average Bonchev–Trinajstić information content (AvgIpc) is 3.41. The molecular weight excluding hydrogens is 620 g/mol. The highest BCUT2D eigenvalue weighted by Crippen LogP contribution is 2.45. The van der Waals surface area contributed by atoms with Crippen LogP contribution in [-0.2, 0) is 22.5 Å². The first kappa shape index (κ1) is 32.0. The molecule has 0 saturated carbocycles. The highest BCUT2D eigenvalue weighted by molar-refractivity contribution is 9.10. The van der Waals surface area contributed by atoms with E-state index in [-0.39, 0.29) is 25.5 Å². The predicted octanol–water partition coefficient (Wildman–Crippen LogP) is 3.49. The first-order valence-corrected chi connectivity index (χ1v) is 14.5. The first-order valence-electron chi connectivity index (χ1n) is 13.7. The maximum atomic E-state index is 14.2. The number of rotatable bonds is 15. The van der Waals surface area contributed by atoms with Gasteiger partial charge in [-0.1, -0.05) is 63.5 Å². The van der Waals surface area contributed by atoms with Crippen LogP contribution in [-0.4, -0.2) is 65.1 Å². The van der Waals surface area contributed by atoms with Crippen LogP contribution in [0.2, 0.25) is 0 Å². The highest BCUT2D eigenvalue weighted by atomic mass is 79.9. The largest absolute Gasteiger partial charge is 0.494 e. The molecule has 0 aliphatic carbocycles. The van der Waals surface area contributed by atoms with Crippen LogP contribution in [0.15, 0.2) is 87.4 Å². The van der Waals surface area contributed by atoms with Gasteiger partial charge in [-0.15, -0.1) is 0 Å². The number of hydrogen-bond donors (Lipinski definition) is 5. The molecule has 12 nitrogen and oxygen atoms in total. The van der Waals surface area contributed by atoms with Gasteiger partial charge < -0.3 is 24.8 Å². The summed E-state index contributed by atoms with van der Waals surface area (Å²) in [6, 6.07) is 21.0. The van der Waals surface area contributed by atoms with Gasteiger partial charge in [-0.2, -0.15) is 0 Å². The number of aliphatic hydroxyl groups excluding tert-OH is 3. The van der Waals surface area contributed by atoms with E-state index in [2.05, 4.69) is 36.8 Å². The van der Waals surface area contributed by atoms with Gasteiger partial charge in [0.05, 0.1) is 32.4 Å². The molecule has 0 saturated heterocycles. The third-order valence-corrected chi connectivity index (χ3v) is 7.65. The number of benzene rings is 3. The Balaban J connectivity index is 1.83. The average molecular weight is 654 g/mol. The molecule has 13 heteroatoms. The third kappa shape index (κ3) is 7.71. The van der Waals surface area contributed by atoms with E-state index in [1.165, 1.54) is 0 Å². The standard InChI is InChI=1S/C30H33BrN6O6/c31-26-9-4-3-8-25(26)27-30(29(41)36-35-23(18-39)19-40,16-21-6-1-2-7-22(21)17-33-37-32)34-28(43-27)20-10-12-24(13-11-20)42-15-5-14-38/h1-4,6-13,23,27,35,38-40H,5,14-19H2,(H,36,41)/t27-,30-/m0/s1. The molecule has 0 fully saturated rings. The number of carbonyl (C=O) groups is 1. The van der Waals surface area contributed by atoms with Crippen molar-refractivity contribution in [1.29, 1.82) is 0 Å². The van der Waals surface area contributed by atoms with Crippen molar-refractivity contribution in [3.8, 4) is 5.75 Å². The van der Waals surface area contributed by atoms with Crippen LogP contribution < -0.4 is 15.6 Å². The number of aliphatic imine (C=N–C) groups is 1. The number of nitrogens with one attached hydrogen (secondary N) is 2. The molecule has 4 rings (SSSR count). The van der Waals surface area contributed by atoms with E-state index in [1.54, 1.807) is 24.3 Å². The van der Waals surface area contributed by atoms with Crippen molar-refractivity contribution in [1.82, 2.24) is 10.9 Å². The molecule has 0 aromatic heterocycles. The zero-order valence-electron chi connectivity index (χ0n) is 23.3. The van der Waals surface area contributed by atoms with Gasteiger partial charge in [0.15, 0.2) is 11.6 Å². The fraction of sp³-hybridized carbons (Fsp3) is 0.333. The lowest BCUT2D eigenvalue weighted by molar-refractivity contribution is -0.130. The molecule has 1 aliphatic heterocycles. The van der Waals surface area contributed by atoms with Crippen LogP contribution in [0.25, 0.3) is 10.4 Å². The SMILES string of the molecule is [N-]=[N+]=NCc1ccccc1C[C@]1(C(=O)NNC(CO)CO)N=C(c2ccc(OCCCO)cc2)O[C@H]1c1ccccc1Br. The highest BCUT2D eigenvalue weighted by Gasteiger charge is 2.54. The van der Waals surface area contributed by atoms with Crippen LogP contribution in [0.1, 0.15) is 34.8 Å². The van der Waals surface area contributed by atoms with Crippen molar-refractivity contribution in [3.05, 3.63) is 110 Å². The summed E-state index contributed by atoms with van der Waals surface area (Å²) < 4.78 is 12.9. The van der Waals surface area contributed by atoms with Crippen molar-refractivity contribution >= 4 is 27.7 Å². The Bertz CT molecular complexity index is 1460. The summed E-state index contributed by atoms with van der Waals surface area (Å²) in [5, 5.41) is 31.9. The second-order valence-electron chi connectivity index (χ2n) is 9.81. The Kier molecular flexibility index (Phi) is 11.5. The summed E-state index contributed by atoms with van der Waals surface area (Å²) >= 11 is 3.61. The van der Waals surface area contributed by atoms with Crippen molar-refractivity contribution in [3.63, 3.8) is 0 Å². The van der Waals surface area contributed by atoms with Crippen LogP contribution in [0.4, 0.5) is 0 Å². The van der Waals surface area contributed by atoms with Crippen LogP contribution in [0, 0.1) is 0 Å². The van der Waals surface area contributed by atoms with E-state index >= 15 is 0 Å². The molecule has 0 spiro atoms. The van der Waals surface area contributed by atoms with E-state index in [1.807, 2.05) is 48.5 Å². The quantitative estimate of drug-likeness (QED) is 0.0547. The van der Waals surface area contributed by atoms with Gasteiger partial charge in [0.1, 0.15) is 5.75 Å². The molecule has 2 atom stereocenters. The number of aliphatic hydroxyl groups is 3. The van der Waals surface area contributed by atoms with Crippen LogP contribution in [0.5, 0.6) is 5.75 Å². The molecule has 3 aromatic rings. The van der Waals surface area contributed by atoms with Crippen LogP contribution >= 0.6 is 15.9 Å². The molecule has 1 heterocycles. The fourth-order valence-electron chi connectivity index (χ4n) is 4.65. The Morgan fingerprint density at radius 3 is 2.44 bits per heavy atom. The lowest BCUT2D eigenvalue weighted by atomic mass is 9.81. The monoisotopic (exact) mass is 652 g/mol. The van der Waals surface area contributed by atoms with E-state index in [0.717, 1.165) is 11.1 Å². The minimum absolute atomic E-state index is 0.0293. The van der Waals surface area contributed by atoms with Crippen LogP contribution in [0.3, 0.4) is 0 Å². The van der Waals surface area contributed by atoms with E-state index in [9.17, 15) is 15.0 Å². The maximum Gasteiger partial charge on any atom is 0.266 e. The number of halogens is 1. The molecule has 0 unspecified atom stereocenters. The van der Waals surface area contributed by atoms with E-state index < -0.39 is 36.8 Å². The number of azide groups is 1. The minimum atomic E-state index is -1.58. The third-order valence-electron chi connectivity index (χ3n) is 6.93.